The Morgan fingerprint density at radius 1 is 1.00 bits per heavy atom. The van der Waals surface area contributed by atoms with Crippen LogP contribution in [0, 0.1) is 0 Å². The molecule has 27 heavy (non-hydrogen) atoms. The molecule has 0 aliphatic heterocycles. The lowest BCUT2D eigenvalue weighted by molar-refractivity contribution is -0.115. The molecule has 0 unspecified atom stereocenters. The van der Waals surface area contributed by atoms with Crippen molar-refractivity contribution in [2.45, 2.75) is 6.42 Å². The number of rotatable bonds is 5. The normalized spacial score (nSPS) is 11.1. The molecule has 1 amide bonds. The number of aromatic nitrogens is 2. The van der Waals surface area contributed by atoms with Crippen LogP contribution in [0.3, 0.4) is 0 Å². The van der Waals surface area contributed by atoms with Crippen LogP contribution < -0.4 is 5.32 Å². The van der Waals surface area contributed by atoms with Crippen LogP contribution in [0.15, 0.2) is 77.4 Å². The number of fused-ring (bicyclic) bond motifs is 1. The van der Waals surface area contributed by atoms with Gasteiger partial charge in [0.25, 0.3) is 0 Å². The zero-order valence-electron chi connectivity index (χ0n) is 14.5. The van der Waals surface area contributed by atoms with Crippen molar-refractivity contribution in [2.75, 3.05) is 5.32 Å². The fraction of sp³-hybridized carbons (Fsp3) is 0.0455. The summed E-state index contributed by atoms with van der Waals surface area (Å²) < 4.78 is 5.25. The molecule has 0 radical (unpaired) electrons. The Morgan fingerprint density at radius 3 is 2.78 bits per heavy atom. The third kappa shape index (κ3) is 4.10. The molecule has 5 heteroatoms. The Hall–Kier alpha value is -3.73. The maximum absolute atomic E-state index is 12.4. The van der Waals surface area contributed by atoms with E-state index in [1.807, 2.05) is 78.9 Å². The van der Waals surface area contributed by atoms with Crippen LogP contribution in [0.4, 0.5) is 5.69 Å². The highest BCUT2D eigenvalue weighted by Crippen LogP contribution is 2.19. The molecule has 2 aromatic carbocycles. The molecule has 4 aromatic rings. The van der Waals surface area contributed by atoms with Gasteiger partial charge in [0.2, 0.25) is 5.91 Å². The Morgan fingerprint density at radius 2 is 1.89 bits per heavy atom. The molecule has 0 aliphatic rings. The molecule has 0 atom stereocenters. The summed E-state index contributed by atoms with van der Waals surface area (Å²) in [4.78, 5) is 16.7. The molecular formula is C22H17N3O2. The van der Waals surface area contributed by atoms with Crippen molar-refractivity contribution in [3.8, 4) is 0 Å². The van der Waals surface area contributed by atoms with Gasteiger partial charge in [-0.15, -0.1) is 0 Å². The van der Waals surface area contributed by atoms with Gasteiger partial charge in [-0.3, -0.25) is 9.78 Å². The van der Waals surface area contributed by atoms with Crippen molar-refractivity contribution in [2.24, 2.45) is 0 Å². The maximum atomic E-state index is 12.4. The number of para-hydroxylation sites is 1. The number of pyridine rings is 1. The van der Waals surface area contributed by atoms with Crippen LogP contribution in [-0.4, -0.2) is 16.0 Å². The van der Waals surface area contributed by atoms with E-state index in [4.69, 9.17) is 4.52 Å². The summed E-state index contributed by atoms with van der Waals surface area (Å²) >= 11 is 0. The van der Waals surface area contributed by atoms with E-state index < -0.39 is 0 Å². The predicted octanol–water partition coefficient (Wildman–Crippen LogP) is 4.57. The van der Waals surface area contributed by atoms with E-state index in [-0.39, 0.29) is 12.3 Å². The van der Waals surface area contributed by atoms with Crippen molar-refractivity contribution in [3.05, 3.63) is 89.9 Å². The molecule has 2 heterocycles. The van der Waals surface area contributed by atoms with E-state index in [1.54, 1.807) is 6.20 Å². The Balaban J connectivity index is 1.45. The van der Waals surface area contributed by atoms with E-state index in [2.05, 4.69) is 15.5 Å². The van der Waals surface area contributed by atoms with Crippen molar-refractivity contribution in [1.82, 2.24) is 10.1 Å². The number of anilines is 1. The highest BCUT2D eigenvalue weighted by Gasteiger charge is 2.12. The molecule has 0 aliphatic carbocycles. The highest BCUT2D eigenvalue weighted by molar-refractivity contribution is 5.95. The minimum Gasteiger partial charge on any atom is -0.356 e. The zero-order valence-corrected chi connectivity index (χ0v) is 14.5. The summed E-state index contributed by atoms with van der Waals surface area (Å²) in [7, 11) is 0. The molecule has 2 aromatic heterocycles. The van der Waals surface area contributed by atoms with Crippen LogP contribution in [0.2, 0.25) is 0 Å². The largest absolute Gasteiger partial charge is 0.356 e. The van der Waals surface area contributed by atoms with Gasteiger partial charge in [0.15, 0.2) is 5.58 Å². The van der Waals surface area contributed by atoms with E-state index in [1.165, 1.54) is 0 Å². The van der Waals surface area contributed by atoms with Crippen molar-refractivity contribution < 1.29 is 9.32 Å². The van der Waals surface area contributed by atoms with Crippen molar-refractivity contribution >= 4 is 34.7 Å². The molecule has 0 spiro atoms. The Labute approximate surface area is 156 Å². The standard InChI is InChI=1S/C22H17N3O2/c26-22(15-20-19-9-1-2-10-21(19)27-25-20)24-18-8-5-6-16(14-18)11-12-17-7-3-4-13-23-17/h1-14H,15H2,(H,24,26). The first-order valence-corrected chi connectivity index (χ1v) is 8.60. The number of carbonyl (C=O) groups is 1. The van der Waals surface area contributed by atoms with Crippen LogP contribution >= 0.6 is 0 Å². The Bertz CT molecular complexity index is 1100. The van der Waals surface area contributed by atoms with Gasteiger partial charge in [-0.05, 0) is 48.0 Å². The SMILES string of the molecule is O=C(Cc1noc2ccccc12)Nc1cccc(C=Cc2ccccn2)c1. The monoisotopic (exact) mass is 355 g/mol. The molecule has 0 fully saturated rings. The number of amides is 1. The molecule has 0 saturated heterocycles. The number of nitrogens with one attached hydrogen (secondary N) is 1. The average Bonchev–Trinajstić information content (AvgIpc) is 3.10. The second kappa shape index (κ2) is 7.66. The Kier molecular flexibility index (Phi) is 4.74. The molecule has 132 valence electrons. The first kappa shape index (κ1) is 16.7. The minimum absolute atomic E-state index is 0.139. The summed E-state index contributed by atoms with van der Waals surface area (Å²) in [5, 5.41) is 7.78. The molecule has 5 nitrogen and oxygen atoms in total. The lowest BCUT2D eigenvalue weighted by Gasteiger charge is -2.05. The lowest BCUT2D eigenvalue weighted by Crippen LogP contribution is -2.14. The van der Waals surface area contributed by atoms with Gasteiger partial charge in [0, 0.05) is 17.3 Å². The van der Waals surface area contributed by atoms with Gasteiger partial charge < -0.3 is 9.84 Å². The van der Waals surface area contributed by atoms with Crippen LogP contribution in [-0.2, 0) is 11.2 Å². The van der Waals surface area contributed by atoms with Crippen LogP contribution in [0.5, 0.6) is 0 Å². The fourth-order valence-corrected chi connectivity index (χ4v) is 2.80. The summed E-state index contributed by atoms with van der Waals surface area (Å²) in [6.07, 6.45) is 5.81. The number of hydrogen-bond acceptors (Lipinski definition) is 4. The summed E-state index contributed by atoms with van der Waals surface area (Å²) in [5.74, 6) is -0.139. The van der Waals surface area contributed by atoms with Gasteiger partial charge in [-0.1, -0.05) is 41.6 Å². The number of hydrogen-bond donors (Lipinski definition) is 1. The van der Waals surface area contributed by atoms with Crippen molar-refractivity contribution in [1.29, 1.82) is 0 Å². The average molecular weight is 355 g/mol. The molecular weight excluding hydrogens is 338 g/mol. The van der Waals surface area contributed by atoms with Gasteiger partial charge >= 0.3 is 0 Å². The third-order valence-corrected chi connectivity index (χ3v) is 4.08. The highest BCUT2D eigenvalue weighted by atomic mass is 16.5. The van der Waals surface area contributed by atoms with E-state index in [9.17, 15) is 4.79 Å². The number of carbonyl (C=O) groups excluding carboxylic acids is 1. The van der Waals surface area contributed by atoms with Crippen LogP contribution in [0.25, 0.3) is 23.1 Å². The predicted molar refractivity (Wildman–Crippen MR) is 106 cm³/mol. The third-order valence-electron chi connectivity index (χ3n) is 4.08. The molecule has 4 rings (SSSR count). The second-order valence-corrected chi connectivity index (χ2v) is 6.06. The summed E-state index contributed by atoms with van der Waals surface area (Å²) in [6.45, 7) is 0. The molecule has 0 saturated carbocycles. The maximum Gasteiger partial charge on any atom is 0.230 e. The van der Waals surface area contributed by atoms with Gasteiger partial charge in [0.1, 0.15) is 5.69 Å². The van der Waals surface area contributed by atoms with E-state index in [0.29, 0.717) is 11.3 Å². The van der Waals surface area contributed by atoms with Gasteiger partial charge in [-0.2, -0.15) is 0 Å². The number of benzene rings is 2. The van der Waals surface area contributed by atoms with Crippen LogP contribution in [0.1, 0.15) is 17.0 Å². The summed E-state index contributed by atoms with van der Waals surface area (Å²) in [6, 6.07) is 20.9. The zero-order chi connectivity index (χ0) is 18.5. The minimum atomic E-state index is -0.139. The summed E-state index contributed by atoms with van der Waals surface area (Å²) in [5.41, 5.74) is 3.91. The molecule has 1 N–H and O–H groups in total. The number of nitrogens with zero attached hydrogens (tertiary/aromatic N) is 2. The quantitative estimate of drug-likeness (QED) is 0.569. The first-order chi connectivity index (χ1) is 13.3. The van der Waals surface area contributed by atoms with Gasteiger partial charge in [0.05, 0.1) is 12.1 Å². The van der Waals surface area contributed by atoms with E-state index in [0.717, 1.165) is 22.3 Å². The molecule has 0 bridgehead atoms. The first-order valence-electron chi connectivity index (χ1n) is 8.60. The smallest absolute Gasteiger partial charge is 0.230 e. The van der Waals surface area contributed by atoms with Crippen molar-refractivity contribution in [3.63, 3.8) is 0 Å². The fourth-order valence-electron chi connectivity index (χ4n) is 2.80. The topological polar surface area (TPSA) is 68.0 Å². The van der Waals surface area contributed by atoms with Gasteiger partial charge in [-0.25, -0.2) is 0 Å². The van der Waals surface area contributed by atoms with E-state index >= 15 is 0 Å². The lowest BCUT2D eigenvalue weighted by atomic mass is 10.1. The second-order valence-electron chi connectivity index (χ2n) is 6.06.